The first-order chi connectivity index (χ1) is 11.7. The Morgan fingerprint density at radius 2 is 1.88 bits per heavy atom. The topological polar surface area (TPSA) is 55.1 Å². The molecule has 25 heavy (non-hydrogen) atoms. The van der Waals surface area contributed by atoms with Gasteiger partial charge in [-0.2, -0.15) is 13.2 Å². The van der Waals surface area contributed by atoms with Crippen LogP contribution in [0.4, 0.5) is 18.9 Å². The molecular weight excluding hydrogens is 333 g/mol. The number of nitrogens with zero attached hydrogens (tertiary/aromatic N) is 1. The molecule has 7 heteroatoms. The highest BCUT2D eigenvalue weighted by Crippen LogP contribution is 2.32. The Kier molecular flexibility index (Phi) is 4.02. The zero-order valence-electron chi connectivity index (χ0n) is 13.8. The maximum atomic E-state index is 12.5. The first-order valence-corrected chi connectivity index (χ1v) is 7.53. The molecule has 1 N–H and O–H groups in total. The highest BCUT2D eigenvalue weighted by Gasteiger charge is 2.39. The van der Waals surface area contributed by atoms with E-state index in [1.807, 2.05) is 31.3 Å². The average molecular weight is 348 g/mol. The number of carbonyl (C=O) groups excluding carboxylic acids is 1. The van der Waals surface area contributed by atoms with Crippen LogP contribution in [0.15, 0.2) is 34.7 Å². The zero-order valence-corrected chi connectivity index (χ0v) is 13.8. The van der Waals surface area contributed by atoms with E-state index in [0.29, 0.717) is 28.1 Å². The number of hydrogen-bond acceptors (Lipinski definition) is 3. The minimum Gasteiger partial charge on any atom is -0.436 e. The fourth-order valence-electron chi connectivity index (χ4n) is 2.69. The number of halogens is 3. The van der Waals surface area contributed by atoms with Crippen molar-refractivity contribution in [2.24, 2.45) is 0 Å². The molecule has 1 amide bonds. The molecule has 0 aliphatic carbocycles. The van der Waals surface area contributed by atoms with E-state index < -0.39 is 12.1 Å². The Morgan fingerprint density at radius 1 is 1.16 bits per heavy atom. The molecule has 0 saturated heterocycles. The van der Waals surface area contributed by atoms with Crippen LogP contribution in [-0.2, 0) is 4.79 Å². The van der Waals surface area contributed by atoms with E-state index in [4.69, 9.17) is 4.42 Å². The molecule has 0 fully saturated rings. The molecule has 0 aliphatic rings. The fourth-order valence-corrected chi connectivity index (χ4v) is 2.69. The number of fused-ring (bicyclic) bond motifs is 1. The SMILES string of the molecule is Cc1cc(C)c2oc(-c3cccc(NC(=O)C(F)(F)F)c3C)nc2c1. The molecule has 0 bridgehead atoms. The number of alkyl halides is 3. The molecule has 0 atom stereocenters. The van der Waals surface area contributed by atoms with Crippen molar-refractivity contribution in [2.45, 2.75) is 26.9 Å². The van der Waals surface area contributed by atoms with Crippen LogP contribution in [0.1, 0.15) is 16.7 Å². The second kappa shape index (κ2) is 5.91. The van der Waals surface area contributed by atoms with E-state index in [0.717, 1.165) is 11.1 Å². The summed E-state index contributed by atoms with van der Waals surface area (Å²) in [5, 5.41) is 1.88. The molecule has 0 unspecified atom stereocenters. The first kappa shape index (κ1) is 17.0. The third-order valence-corrected chi connectivity index (χ3v) is 3.89. The third-order valence-electron chi connectivity index (χ3n) is 3.89. The fraction of sp³-hybridized carbons (Fsp3) is 0.222. The summed E-state index contributed by atoms with van der Waals surface area (Å²) in [6.07, 6.45) is -4.95. The van der Waals surface area contributed by atoms with Crippen LogP contribution < -0.4 is 5.32 Å². The Hall–Kier alpha value is -2.83. The molecular formula is C18H15F3N2O2. The van der Waals surface area contributed by atoms with Crippen LogP contribution in [0.2, 0.25) is 0 Å². The number of hydrogen-bond donors (Lipinski definition) is 1. The maximum Gasteiger partial charge on any atom is 0.471 e. The number of aromatic nitrogens is 1. The second-order valence-corrected chi connectivity index (χ2v) is 5.88. The van der Waals surface area contributed by atoms with Crippen molar-refractivity contribution < 1.29 is 22.4 Å². The van der Waals surface area contributed by atoms with Gasteiger partial charge in [-0.1, -0.05) is 12.1 Å². The molecule has 1 heterocycles. The molecule has 2 aromatic carbocycles. The Bertz CT molecular complexity index is 974. The lowest BCUT2D eigenvalue weighted by atomic mass is 10.1. The van der Waals surface area contributed by atoms with Crippen molar-refractivity contribution >= 4 is 22.7 Å². The standard InChI is InChI=1S/C18H15F3N2O2/c1-9-7-10(2)15-14(8-9)22-16(25-15)12-5-4-6-13(11(12)3)23-17(24)18(19,20)21/h4-8H,1-3H3,(H,23,24). The summed E-state index contributed by atoms with van der Waals surface area (Å²) < 4.78 is 43.2. The van der Waals surface area contributed by atoms with Gasteiger partial charge in [0, 0.05) is 11.3 Å². The van der Waals surface area contributed by atoms with Crippen LogP contribution in [0.5, 0.6) is 0 Å². The van der Waals surface area contributed by atoms with Gasteiger partial charge in [-0.05, 0) is 55.7 Å². The van der Waals surface area contributed by atoms with E-state index in [1.165, 1.54) is 6.07 Å². The van der Waals surface area contributed by atoms with Crippen molar-refractivity contribution in [3.05, 3.63) is 47.0 Å². The van der Waals surface area contributed by atoms with Crippen molar-refractivity contribution in [2.75, 3.05) is 5.32 Å². The number of anilines is 1. The van der Waals surface area contributed by atoms with E-state index in [9.17, 15) is 18.0 Å². The minimum atomic E-state index is -4.95. The quantitative estimate of drug-likeness (QED) is 0.715. The molecule has 130 valence electrons. The average Bonchev–Trinajstić information content (AvgIpc) is 2.92. The maximum absolute atomic E-state index is 12.5. The van der Waals surface area contributed by atoms with E-state index in [1.54, 1.807) is 19.1 Å². The van der Waals surface area contributed by atoms with Gasteiger partial charge in [0.1, 0.15) is 5.52 Å². The van der Waals surface area contributed by atoms with Crippen molar-refractivity contribution in [3.63, 3.8) is 0 Å². The number of benzene rings is 2. The van der Waals surface area contributed by atoms with Crippen molar-refractivity contribution in [3.8, 4) is 11.5 Å². The first-order valence-electron chi connectivity index (χ1n) is 7.53. The van der Waals surface area contributed by atoms with Crippen LogP contribution in [0.25, 0.3) is 22.6 Å². The predicted molar refractivity (Wildman–Crippen MR) is 88.3 cm³/mol. The normalized spacial score (nSPS) is 11.8. The molecule has 0 spiro atoms. The van der Waals surface area contributed by atoms with Gasteiger partial charge < -0.3 is 9.73 Å². The number of carbonyl (C=O) groups is 1. The summed E-state index contributed by atoms with van der Waals surface area (Å²) in [6.45, 7) is 5.45. The largest absolute Gasteiger partial charge is 0.471 e. The molecule has 4 nitrogen and oxygen atoms in total. The number of aryl methyl sites for hydroxylation is 2. The molecule has 0 saturated carbocycles. The molecule has 0 aliphatic heterocycles. The third kappa shape index (κ3) is 3.22. The van der Waals surface area contributed by atoms with E-state index >= 15 is 0 Å². The van der Waals surface area contributed by atoms with Gasteiger partial charge in [0.15, 0.2) is 5.58 Å². The van der Waals surface area contributed by atoms with E-state index in [2.05, 4.69) is 4.98 Å². The lowest BCUT2D eigenvalue weighted by Crippen LogP contribution is -2.30. The summed E-state index contributed by atoms with van der Waals surface area (Å²) >= 11 is 0. The number of amides is 1. The van der Waals surface area contributed by atoms with Crippen LogP contribution in [-0.4, -0.2) is 17.1 Å². The molecule has 3 rings (SSSR count). The van der Waals surface area contributed by atoms with E-state index in [-0.39, 0.29) is 5.69 Å². The molecule has 3 aromatic rings. The lowest BCUT2D eigenvalue weighted by Gasteiger charge is -2.12. The van der Waals surface area contributed by atoms with Gasteiger partial charge in [-0.15, -0.1) is 0 Å². The predicted octanol–water partition coefficient (Wildman–Crippen LogP) is 4.92. The lowest BCUT2D eigenvalue weighted by molar-refractivity contribution is -0.167. The smallest absolute Gasteiger partial charge is 0.436 e. The molecule has 0 radical (unpaired) electrons. The second-order valence-electron chi connectivity index (χ2n) is 5.88. The van der Waals surface area contributed by atoms with Gasteiger partial charge in [-0.25, -0.2) is 4.98 Å². The highest BCUT2D eigenvalue weighted by atomic mass is 19.4. The summed E-state index contributed by atoms with van der Waals surface area (Å²) in [5.41, 5.74) is 4.30. The number of rotatable bonds is 2. The van der Waals surface area contributed by atoms with Crippen molar-refractivity contribution in [1.82, 2.24) is 4.98 Å². The van der Waals surface area contributed by atoms with Crippen LogP contribution >= 0.6 is 0 Å². The zero-order chi connectivity index (χ0) is 18.4. The summed E-state index contributed by atoms with van der Waals surface area (Å²) in [5.74, 6) is -1.72. The summed E-state index contributed by atoms with van der Waals surface area (Å²) in [6, 6.07) is 8.47. The van der Waals surface area contributed by atoms with Gasteiger partial charge >= 0.3 is 12.1 Å². The highest BCUT2D eigenvalue weighted by molar-refractivity contribution is 5.96. The van der Waals surface area contributed by atoms with Gasteiger partial charge in [0.2, 0.25) is 5.89 Å². The number of nitrogens with one attached hydrogen (secondary N) is 1. The molecule has 1 aromatic heterocycles. The summed E-state index contributed by atoms with van der Waals surface area (Å²) in [4.78, 5) is 15.6. The van der Waals surface area contributed by atoms with Gasteiger partial charge in [0.25, 0.3) is 0 Å². The van der Waals surface area contributed by atoms with Gasteiger partial charge in [0.05, 0.1) is 0 Å². The number of oxazole rings is 1. The minimum absolute atomic E-state index is 0.0648. The monoisotopic (exact) mass is 348 g/mol. The Balaban J connectivity index is 2.05. The van der Waals surface area contributed by atoms with Crippen LogP contribution in [0, 0.1) is 20.8 Å². The Morgan fingerprint density at radius 3 is 2.56 bits per heavy atom. The van der Waals surface area contributed by atoms with Gasteiger partial charge in [-0.3, -0.25) is 4.79 Å². The van der Waals surface area contributed by atoms with Crippen molar-refractivity contribution in [1.29, 1.82) is 0 Å². The Labute approximate surface area is 141 Å². The van der Waals surface area contributed by atoms with Crippen LogP contribution in [0.3, 0.4) is 0 Å². The summed E-state index contributed by atoms with van der Waals surface area (Å²) in [7, 11) is 0.